The summed E-state index contributed by atoms with van der Waals surface area (Å²) in [5.74, 6) is -0.115. The van der Waals surface area contributed by atoms with E-state index in [1.54, 1.807) is 6.92 Å². The Bertz CT molecular complexity index is 751. The van der Waals surface area contributed by atoms with Crippen LogP contribution >= 0.6 is 0 Å². The Morgan fingerprint density at radius 3 is 2.62 bits per heavy atom. The van der Waals surface area contributed by atoms with Crippen molar-refractivity contribution in [2.24, 2.45) is 5.92 Å². The lowest BCUT2D eigenvalue weighted by atomic mass is 10.1. The van der Waals surface area contributed by atoms with E-state index in [1.807, 2.05) is 30.3 Å². The molecule has 1 fully saturated rings. The van der Waals surface area contributed by atoms with E-state index in [4.69, 9.17) is 0 Å². The molecule has 1 unspecified atom stereocenters. The summed E-state index contributed by atoms with van der Waals surface area (Å²) in [6.45, 7) is 0.327. The number of hydrogen-bond acceptors (Lipinski definition) is 4. The van der Waals surface area contributed by atoms with E-state index in [9.17, 15) is 18.0 Å². The maximum Gasteiger partial charge on any atom is 0.422 e. The van der Waals surface area contributed by atoms with Crippen molar-refractivity contribution in [1.29, 1.82) is 0 Å². The van der Waals surface area contributed by atoms with Crippen LogP contribution in [-0.4, -0.2) is 28.7 Å². The minimum atomic E-state index is -4.43. The van der Waals surface area contributed by atoms with Gasteiger partial charge in [-0.15, -0.1) is 0 Å². The van der Waals surface area contributed by atoms with Crippen LogP contribution in [0.5, 0.6) is 5.88 Å². The number of ether oxygens (including phenoxy) is 1. The molecule has 0 aliphatic heterocycles. The molecule has 1 amide bonds. The summed E-state index contributed by atoms with van der Waals surface area (Å²) in [6, 6.07) is 9.44. The van der Waals surface area contributed by atoms with Gasteiger partial charge in [-0.3, -0.25) is 9.78 Å². The van der Waals surface area contributed by atoms with Crippen molar-refractivity contribution in [3.05, 3.63) is 54.0 Å². The molecule has 1 saturated carbocycles. The van der Waals surface area contributed by atoms with E-state index in [2.05, 4.69) is 20.0 Å². The highest BCUT2D eigenvalue weighted by atomic mass is 19.4. The predicted molar refractivity (Wildman–Crippen MR) is 87.4 cm³/mol. The van der Waals surface area contributed by atoms with Crippen molar-refractivity contribution < 1.29 is 22.7 Å². The summed E-state index contributed by atoms with van der Waals surface area (Å²) in [6.07, 6.45) is -1.20. The molecule has 138 valence electrons. The molecule has 0 radical (unpaired) electrons. The number of benzene rings is 1. The van der Waals surface area contributed by atoms with Gasteiger partial charge in [0, 0.05) is 5.92 Å². The molecule has 1 N–H and O–H groups in total. The molecule has 0 bridgehead atoms. The molecule has 2 aromatic rings. The molecule has 1 aliphatic rings. The molecule has 8 heteroatoms. The van der Waals surface area contributed by atoms with Crippen LogP contribution in [0.2, 0.25) is 0 Å². The van der Waals surface area contributed by atoms with Gasteiger partial charge in [-0.2, -0.15) is 13.2 Å². The molecule has 3 atom stereocenters. The van der Waals surface area contributed by atoms with Crippen molar-refractivity contribution in [2.75, 3.05) is 6.61 Å². The fourth-order valence-electron chi connectivity index (χ4n) is 2.73. The highest BCUT2D eigenvalue weighted by molar-refractivity contribution is 5.83. The van der Waals surface area contributed by atoms with Gasteiger partial charge in [-0.25, -0.2) is 4.98 Å². The second-order valence-electron chi connectivity index (χ2n) is 6.27. The van der Waals surface area contributed by atoms with Crippen LogP contribution in [0.3, 0.4) is 0 Å². The van der Waals surface area contributed by atoms with Gasteiger partial charge in [0.25, 0.3) is 0 Å². The normalized spacial score (nSPS) is 20.3. The largest absolute Gasteiger partial charge is 0.467 e. The molecule has 0 spiro atoms. The molecule has 5 nitrogen and oxygen atoms in total. The molecular formula is C18H18F3N3O2. The average Bonchev–Trinajstić information content (AvgIpc) is 3.41. The fraction of sp³-hybridized carbons (Fsp3) is 0.389. The number of nitrogens with zero attached hydrogens (tertiary/aromatic N) is 2. The van der Waals surface area contributed by atoms with E-state index in [0.717, 1.165) is 18.2 Å². The van der Waals surface area contributed by atoms with E-state index in [-0.39, 0.29) is 23.6 Å². The number of carbonyl (C=O) groups excluding carboxylic acids is 1. The fourth-order valence-corrected chi connectivity index (χ4v) is 2.73. The lowest BCUT2D eigenvalue weighted by Crippen LogP contribution is -2.29. The Labute approximate surface area is 148 Å². The van der Waals surface area contributed by atoms with Crippen LogP contribution in [0.4, 0.5) is 13.2 Å². The van der Waals surface area contributed by atoms with E-state index in [1.165, 1.54) is 6.20 Å². The topological polar surface area (TPSA) is 64.1 Å². The number of carbonyl (C=O) groups is 1. The monoisotopic (exact) mass is 365 g/mol. The Morgan fingerprint density at radius 1 is 1.27 bits per heavy atom. The third-order valence-electron chi connectivity index (χ3n) is 4.19. The maximum absolute atomic E-state index is 12.3. The SMILES string of the molecule is CC(NC(=O)[C@H]1C[C@@H]1c1ccccc1)c1cnc(OCC(F)(F)F)cn1. The summed E-state index contributed by atoms with van der Waals surface area (Å²) in [5, 5.41) is 2.87. The number of hydrogen-bond donors (Lipinski definition) is 1. The van der Waals surface area contributed by atoms with Gasteiger partial charge < -0.3 is 10.1 Å². The number of rotatable bonds is 6. The predicted octanol–water partition coefficient (Wildman–Crippen LogP) is 3.40. The zero-order chi connectivity index (χ0) is 18.7. The molecule has 1 aromatic carbocycles. The zero-order valence-corrected chi connectivity index (χ0v) is 14.0. The molecule has 26 heavy (non-hydrogen) atoms. The van der Waals surface area contributed by atoms with Gasteiger partial charge in [0.1, 0.15) is 0 Å². The second kappa shape index (κ2) is 7.31. The summed E-state index contributed by atoms with van der Waals surface area (Å²) >= 11 is 0. The van der Waals surface area contributed by atoms with Gasteiger partial charge in [0.15, 0.2) is 6.61 Å². The third-order valence-corrected chi connectivity index (χ3v) is 4.19. The van der Waals surface area contributed by atoms with Crippen LogP contribution in [0.15, 0.2) is 42.7 Å². The summed E-state index contributed by atoms with van der Waals surface area (Å²) < 4.78 is 40.8. The van der Waals surface area contributed by atoms with Crippen LogP contribution in [-0.2, 0) is 4.79 Å². The first kappa shape index (κ1) is 18.2. The van der Waals surface area contributed by atoms with Crippen LogP contribution in [0, 0.1) is 5.92 Å². The molecule has 1 aromatic heterocycles. The number of amides is 1. The van der Waals surface area contributed by atoms with Crippen molar-refractivity contribution in [3.8, 4) is 5.88 Å². The zero-order valence-electron chi connectivity index (χ0n) is 14.0. The first-order valence-electron chi connectivity index (χ1n) is 8.20. The molecule has 3 rings (SSSR count). The maximum atomic E-state index is 12.3. The third kappa shape index (κ3) is 4.71. The average molecular weight is 365 g/mol. The van der Waals surface area contributed by atoms with E-state index >= 15 is 0 Å². The van der Waals surface area contributed by atoms with Gasteiger partial charge in [0.05, 0.1) is 24.1 Å². The molecular weight excluding hydrogens is 347 g/mol. The lowest BCUT2D eigenvalue weighted by Gasteiger charge is -2.14. The van der Waals surface area contributed by atoms with Gasteiger partial charge in [-0.05, 0) is 24.8 Å². The van der Waals surface area contributed by atoms with E-state index in [0.29, 0.717) is 5.69 Å². The quantitative estimate of drug-likeness (QED) is 0.852. The minimum absolute atomic E-state index is 0.0643. The van der Waals surface area contributed by atoms with E-state index < -0.39 is 18.8 Å². The van der Waals surface area contributed by atoms with Gasteiger partial charge in [-0.1, -0.05) is 30.3 Å². The molecule has 1 aliphatic carbocycles. The second-order valence-corrected chi connectivity index (χ2v) is 6.27. The van der Waals surface area contributed by atoms with Crippen LogP contribution < -0.4 is 10.1 Å². The first-order chi connectivity index (χ1) is 12.3. The number of nitrogens with one attached hydrogen (secondary N) is 1. The number of alkyl halides is 3. The summed E-state index contributed by atoms with van der Waals surface area (Å²) in [5.41, 5.74) is 1.60. The van der Waals surface area contributed by atoms with Crippen LogP contribution in [0.25, 0.3) is 0 Å². The molecule has 0 saturated heterocycles. The lowest BCUT2D eigenvalue weighted by molar-refractivity contribution is -0.154. The Morgan fingerprint density at radius 2 is 2.00 bits per heavy atom. The Hall–Kier alpha value is -2.64. The van der Waals surface area contributed by atoms with Crippen LogP contribution in [0.1, 0.15) is 36.6 Å². The number of halogens is 3. The van der Waals surface area contributed by atoms with Crippen molar-refractivity contribution >= 4 is 5.91 Å². The summed E-state index contributed by atoms with van der Waals surface area (Å²) in [7, 11) is 0. The first-order valence-corrected chi connectivity index (χ1v) is 8.20. The Balaban J connectivity index is 1.52. The highest BCUT2D eigenvalue weighted by Gasteiger charge is 2.44. The smallest absolute Gasteiger partial charge is 0.422 e. The standard InChI is InChI=1S/C18H18F3N3O2/c1-11(15-8-23-16(9-22-15)26-10-18(19,20)21)24-17(25)14-7-13(14)12-5-3-2-4-6-12/h2-6,8-9,11,13-14H,7,10H2,1H3,(H,24,25)/t11?,13-,14+/m1/s1. The highest BCUT2D eigenvalue weighted by Crippen LogP contribution is 2.47. The van der Waals surface area contributed by atoms with Crippen molar-refractivity contribution in [3.63, 3.8) is 0 Å². The molecule has 1 heterocycles. The van der Waals surface area contributed by atoms with Gasteiger partial charge >= 0.3 is 6.18 Å². The summed E-state index contributed by atoms with van der Waals surface area (Å²) in [4.78, 5) is 20.2. The number of aromatic nitrogens is 2. The van der Waals surface area contributed by atoms with Crippen molar-refractivity contribution in [1.82, 2.24) is 15.3 Å². The van der Waals surface area contributed by atoms with Gasteiger partial charge in [0.2, 0.25) is 11.8 Å². The minimum Gasteiger partial charge on any atom is -0.467 e. The Kier molecular flexibility index (Phi) is 5.11. The van der Waals surface area contributed by atoms with Crippen molar-refractivity contribution in [2.45, 2.75) is 31.5 Å².